The van der Waals surface area contributed by atoms with Crippen LogP contribution in [-0.2, 0) is 16.1 Å². The number of aliphatic hydroxyl groups is 1. The summed E-state index contributed by atoms with van der Waals surface area (Å²) in [6.45, 7) is -0.0410. The number of urea groups is 1. The van der Waals surface area contributed by atoms with Crippen LogP contribution in [0.3, 0.4) is 0 Å². The van der Waals surface area contributed by atoms with Crippen molar-refractivity contribution in [3.63, 3.8) is 0 Å². The Hall–Kier alpha value is -2.26. The molecule has 2 atom stereocenters. The Labute approximate surface area is 162 Å². The highest BCUT2D eigenvalue weighted by molar-refractivity contribution is 7.98. The Morgan fingerprint density at radius 2 is 2.07 bits per heavy atom. The summed E-state index contributed by atoms with van der Waals surface area (Å²) in [5.74, 6) is 0.682. The molecule has 27 heavy (non-hydrogen) atoms. The number of imide groups is 1. The summed E-state index contributed by atoms with van der Waals surface area (Å²) in [7, 11) is 1.56. The highest BCUT2D eigenvalue weighted by Gasteiger charge is 2.39. The lowest BCUT2D eigenvalue weighted by Crippen LogP contribution is -2.42. The van der Waals surface area contributed by atoms with Crippen LogP contribution in [0.4, 0.5) is 4.79 Å². The van der Waals surface area contributed by atoms with E-state index >= 15 is 0 Å². The molecule has 1 aliphatic heterocycles. The van der Waals surface area contributed by atoms with Crippen LogP contribution in [0.2, 0.25) is 0 Å². The van der Waals surface area contributed by atoms with Gasteiger partial charge in [-0.05, 0) is 36.1 Å². The molecule has 1 saturated heterocycles. The van der Waals surface area contributed by atoms with Crippen LogP contribution in [0.25, 0.3) is 0 Å². The fourth-order valence-corrected chi connectivity index (χ4v) is 3.24. The van der Waals surface area contributed by atoms with E-state index in [1.807, 2.05) is 6.26 Å². The van der Waals surface area contributed by atoms with Gasteiger partial charge in [0, 0.05) is 0 Å². The van der Waals surface area contributed by atoms with E-state index < -0.39 is 18.0 Å². The lowest BCUT2D eigenvalue weighted by Gasteiger charge is -2.17. The number of aliphatic hydroxyl groups excluding tert-OH is 1. The molecular weight excluding hydrogens is 370 g/mol. The van der Waals surface area contributed by atoms with Crippen molar-refractivity contribution in [3.8, 4) is 5.75 Å². The zero-order valence-electron chi connectivity index (χ0n) is 15.4. The summed E-state index contributed by atoms with van der Waals surface area (Å²) in [6.07, 6.45) is 2.43. The minimum absolute atomic E-state index is 0.125. The lowest BCUT2D eigenvalue weighted by atomic mass is 10.1. The molecule has 0 unspecified atom stereocenters. The van der Waals surface area contributed by atoms with Gasteiger partial charge < -0.3 is 20.5 Å². The number of amides is 4. The van der Waals surface area contributed by atoms with Crippen LogP contribution in [0.1, 0.15) is 18.4 Å². The van der Waals surface area contributed by atoms with Gasteiger partial charge in [-0.1, -0.05) is 12.1 Å². The number of carbonyl (C=O) groups is 3. The molecule has 0 aromatic heterocycles. The zero-order chi connectivity index (χ0) is 19.8. The topological polar surface area (TPSA) is 108 Å². The van der Waals surface area contributed by atoms with Crippen molar-refractivity contribution in [2.24, 2.45) is 0 Å². The van der Waals surface area contributed by atoms with Crippen molar-refractivity contribution in [3.05, 3.63) is 29.8 Å². The molecule has 1 aromatic rings. The molecule has 4 amide bonds. The van der Waals surface area contributed by atoms with Gasteiger partial charge in [-0.25, -0.2) is 4.79 Å². The van der Waals surface area contributed by atoms with Crippen molar-refractivity contribution in [2.45, 2.75) is 31.5 Å². The van der Waals surface area contributed by atoms with Gasteiger partial charge in [-0.15, -0.1) is 0 Å². The maximum Gasteiger partial charge on any atom is 0.325 e. The predicted octanol–water partition coefficient (Wildman–Crippen LogP) is 0.736. The van der Waals surface area contributed by atoms with E-state index in [4.69, 9.17) is 4.74 Å². The number of nitrogens with zero attached hydrogens (tertiary/aromatic N) is 1. The second kappa shape index (κ2) is 10.2. The van der Waals surface area contributed by atoms with E-state index in [2.05, 4.69) is 10.6 Å². The standard InChI is InChI=1S/C18H25N3O5S/c1-26-14-5-3-12(4-6-14)10-21-17(24)15(20-18(21)25)9-16(23)19-13(11-22)7-8-27-2/h3-6,13,15,22H,7-11H2,1-2H3,(H,19,23)(H,20,25)/t13-,15+/m0/s1. The second-order valence-corrected chi connectivity index (χ2v) is 7.19. The maximum absolute atomic E-state index is 12.5. The third-order valence-electron chi connectivity index (χ3n) is 4.25. The summed E-state index contributed by atoms with van der Waals surface area (Å²) in [6, 6.07) is 5.29. The second-order valence-electron chi connectivity index (χ2n) is 6.21. The number of nitrogens with one attached hydrogen (secondary N) is 2. The summed E-state index contributed by atoms with van der Waals surface area (Å²) in [5.41, 5.74) is 0.779. The Bertz CT molecular complexity index is 667. The first kappa shape index (κ1) is 21.0. The molecule has 8 nitrogen and oxygen atoms in total. The molecule has 1 heterocycles. The molecule has 0 aliphatic carbocycles. The molecule has 1 aliphatic rings. The molecule has 0 radical (unpaired) electrons. The summed E-state index contributed by atoms with van der Waals surface area (Å²) >= 11 is 1.62. The van der Waals surface area contributed by atoms with E-state index in [1.54, 1.807) is 43.1 Å². The number of carbonyl (C=O) groups excluding carboxylic acids is 3. The quantitative estimate of drug-likeness (QED) is 0.504. The van der Waals surface area contributed by atoms with Gasteiger partial charge in [0.2, 0.25) is 5.91 Å². The first-order valence-electron chi connectivity index (χ1n) is 8.62. The summed E-state index contributed by atoms with van der Waals surface area (Å²) < 4.78 is 5.08. The Morgan fingerprint density at radius 1 is 1.37 bits per heavy atom. The van der Waals surface area contributed by atoms with Gasteiger partial charge in [-0.3, -0.25) is 14.5 Å². The third-order valence-corrected chi connectivity index (χ3v) is 4.90. The Morgan fingerprint density at radius 3 is 2.67 bits per heavy atom. The zero-order valence-corrected chi connectivity index (χ0v) is 16.3. The number of hydrogen-bond donors (Lipinski definition) is 3. The molecule has 1 fully saturated rings. The number of thioether (sulfide) groups is 1. The number of hydrogen-bond acceptors (Lipinski definition) is 6. The molecule has 3 N–H and O–H groups in total. The molecule has 9 heteroatoms. The van der Waals surface area contributed by atoms with Gasteiger partial charge in [0.25, 0.3) is 5.91 Å². The largest absolute Gasteiger partial charge is 0.497 e. The monoisotopic (exact) mass is 395 g/mol. The molecule has 2 rings (SSSR count). The van der Waals surface area contributed by atoms with E-state index in [1.165, 1.54) is 0 Å². The minimum Gasteiger partial charge on any atom is -0.497 e. The molecule has 1 aromatic carbocycles. The van der Waals surface area contributed by atoms with Gasteiger partial charge in [0.05, 0.1) is 32.7 Å². The van der Waals surface area contributed by atoms with E-state index in [0.717, 1.165) is 16.2 Å². The Balaban J connectivity index is 1.91. The van der Waals surface area contributed by atoms with Crippen LogP contribution in [0.5, 0.6) is 5.75 Å². The van der Waals surface area contributed by atoms with Crippen LogP contribution < -0.4 is 15.4 Å². The van der Waals surface area contributed by atoms with Gasteiger partial charge in [0.1, 0.15) is 11.8 Å². The Kier molecular flexibility index (Phi) is 7.93. The normalized spacial score (nSPS) is 17.6. The van der Waals surface area contributed by atoms with Crippen LogP contribution in [0.15, 0.2) is 24.3 Å². The molecule has 148 valence electrons. The average molecular weight is 395 g/mol. The number of ether oxygens (including phenoxy) is 1. The fraction of sp³-hybridized carbons (Fsp3) is 0.500. The van der Waals surface area contributed by atoms with Gasteiger partial charge >= 0.3 is 6.03 Å². The number of methoxy groups -OCH3 is 1. The SMILES string of the molecule is COc1ccc(CN2C(=O)N[C@H](CC(=O)N[C@H](CO)CCSC)C2=O)cc1. The summed E-state index contributed by atoms with van der Waals surface area (Å²) in [4.78, 5) is 37.9. The van der Waals surface area contributed by atoms with Crippen molar-refractivity contribution >= 4 is 29.6 Å². The minimum atomic E-state index is -0.893. The fourth-order valence-electron chi connectivity index (χ4n) is 2.72. The average Bonchev–Trinajstić information content (AvgIpc) is 2.93. The van der Waals surface area contributed by atoms with Crippen molar-refractivity contribution < 1.29 is 24.2 Å². The highest BCUT2D eigenvalue weighted by atomic mass is 32.2. The van der Waals surface area contributed by atoms with E-state index in [9.17, 15) is 19.5 Å². The highest BCUT2D eigenvalue weighted by Crippen LogP contribution is 2.17. The van der Waals surface area contributed by atoms with E-state index in [-0.39, 0.29) is 31.5 Å². The van der Waals surface area contributed by atoms with Gasteiger partial charge in [0.15, 0.2) is 0 Å². The van der Waals surface area contributed by atoms with Crippen LogP contribution in [-0.4, -0.2) is 65.7 Å². The molecular formula is C18H25N3O5S. The van der Waals surface area contributed by atoms with Crippen molar-refractivity contribution in [2.75, 3.05) is 25.7 Å². The molecule has 0 bridgehead atoms. The number of benzene rings is 1. The first-order valence-corrected chi connectivity index (χ1v) is 10.0. The van der Waals surface area contributed by atoms with Gasteiger partial charge in [-0.2, -0.15) is 11.8 Å². The predicted molar refractivity (Wildman–Crippen MR) is 102 cm³/mol. The van der Waals surface area contributed by atoms with Crippen molar-refractivity contribution in [1.29, 1.82) is 0 Å². The lowest BCUT2D eigenvalue weighted by molar-refractivity contribution is -0.131. The van der Waals surface area contributed by atoms with E-state index in [0.29, 0.717) is 12.2 Å². The summed E-state index contributed by atoms with van der Waals surface area (Å²) in [5, 5.41) is 14.6. The molecule has 0 spiro atoms. The third kappa shape index (κ3) is 5.86. The number of rotatable bonds is 10. The maximum atomic E-state index is 12.5. The van der Waals surface area contributed by atoms with Crippen LogP contribution in [0, 0.1) is 0 Å². The molecule has 0 saturated carbocycles. The van der Waals surface area contributed by atoms with Crippen molar-refractivity contribution in [1.82, 2.24) is 15.5 Å². The van der Waals surface area contributed by atoms with Crippen LogP contribution >= 0.6 is 11.8 Å². The first-order chi connectivity index (χ1) is 13.0. The smallest absolute Gasteiger partial charge is 0.325 e.